The fourth-order valence-electron chi connectivity index (χ4n) is 4.53. The predicted molar refractivity (Wildman–Crippen MR) is 212 cm³/mol. The van der Waals surface area contributed by atoms with Crippen LogP contribution in [0.15, 0.2) is 47.4 Å². The fraction of sp³-hybridized carbons (Fsp3) is 0.500. The van der Waals surface area contributed by atoms with Crippen molar-refractivity contribution in [2.75, 3.05) is 0 Å². The first-order valence-electron chi connectivity index (χ1n) is 15.8. The summed E-state index contributed by atoms with van der Waals surface area (Å²) in [5.41, 5.74) is 5.98. The number of rotatable bonds is 6. The van der Waals surface area contributed by atoms with E-state index in [1.54, 1.807) is 12.4 Å². The van der Waals surface area contributed by atoms with Crippen molar-refractivity contribution in [1.29, 1.82) is 0 Å². The third kappa shape index (κ3) is 16.4. The summed E-state index contributed by atoms with van der Waals surface area (Å²) in [5, 5.41) is 35.6. The Morgan fingerprint density at radius 1 is 0.620 bits per heavy atom. The Morgan fingerprint density at radius 3 is 1.14 bits per heavy atom. The number of phenolic OH excluding ortho intramolecular Hbond substituents is 2. The zero-order valence-electron chi connectivity index (χ0n) is 31.0. The van der Waals surface area contributed by atoms with E-state index in [1.807, 2.05) is 10.8 Å². The van der Waals surface area contributed by atoms with Crippen LogP contribution in [-0.4, -0.2) is 20.2 Å². The van der Waals surface area contributed by atoms with Gasteiger partial charge in [0.2, 0.25) is 0 Å². The van der Waals surface area contributed by atoms with E-state index in [2.05, 4.69) is 128 Å². The molecule has 2 aromatic carbocycles. The number of halogens is 4. The predicted octanol–water partition coefficient (Wildman–Crippen LogP) is 14.1. The van der Waals surface area contributed by atoms with Gasteiger partial charge in [-0.15, -0.1) is 0 Å². The number of hydrogen-bond acceptors (Lipinski definition) is 6. The molecule has 14 heteroatoms. The van der Waals surface area contributed by atoms with Gasteiger partial charge in [0.25, 0.3) is 0 Å². The molecular formula is C36H50Cl4N4O2S2TiZr-2. The van der Waals surface area contributed by atoms with Crippen molar-refractivity contribution in [3.8, 4) is 11.5 Å². The first kappa shape index (κ1) is 47.7. The third-order valence-electron chi connectivity index (χ3n) is 7.33. The van der Waals surface area contributed by atoms with Crippen molar-refractivity contribution < 1.29 is 48.1 Å². The van der Waals surface area contributed by atoms with E-state index < -0.39 is 37.9 Å². The van der Waals surface area contributed by atoms with Crippen LogP contribution in [0.4, 0.5) is 10.3 Å². The molecule has 276 valence electrons. The zero-order chi connectivity index (χ0) is 38.5. The molecule has 50 heavy (non-hydrogen) atoms. The Hall–Kier alpha value is -0.343. The van der Waals surface area contributed by atoms with Crippen LogP contribution in [0.1, 0.15) is 116 Å². The Kier molecular flexibility index (Phi) is 20.5. The third-order valence-corrected chi connectivity index (χ3v) is 8.74. The van der Waals surface area contributed by atoms with Crippen molar-refractivity contribution in [2.24, 2.45) is 0 Å². The molecule has 2 heterocycles. The van der Waals surface area contributed by atoms with Gasteiger partial charge in [-0.25, -0.2) is 0 Å². The Bertz CT molecular complexity index is 1450. The summed E-state index contributed by atoms with van der Waals surface area (Å²) in [4.78, 5) is 8.35. The summed E-state index contributed by atoms with van der Waals surface area (Å²) in [5.74, 6) is 0.724. The summed E-state index contributed by atoms with van der Waals surface area (Å²) in [7, 11) is 19.6. The number of aromatic nitrogens is 2. The molecular weight excluding hydrogens is 865 g/mol. The maximum atomic E-state index is 10.7. The summed E-state index contributed by atoms with van der Waals surface area (Å²) in [6.45, 7) is 26.8. The zero-order valence-corrected chi connectivity index (χ0v) is 39.7. The molecule has 0 saturated heterocycles. The number of hydrogen-bond donors (Lipinski definition) is 2. The molecule has 4 aromatic rings. The molecule has 2 N–H and O–H groups in total. The van der Waals surface area contributed by atoms with Gasteiger partial charge in [0.15, 0.2) is 0 Å². The summed E-state index contributed by atoms with van der Waals surface area (Å²) >= 11 is 1.64. The Balaban J connectivity index is 0.000000432. The van der Waals surface area contributed by atoms with Crippen LogP contribution in [0.5, 0.6) is 11.5 Å². The topological polar surface area (TPSA) is 94.4 Å². The van der Waals surface area contributed by atoms with Gasteiger partial charge in [-0.1, -0.05) is 120 Å². The van der Waals surface area contributed by atoms with Gasteiger partial charge in [-0.3, -0.25) is 0 Å². The molecule has 0 aliphatic rings. The van der Waals surface area contributed by atoms with Gasteiger partial charge < -0.3 is 30.8 Å². The van der Waals surface area contributed by atoms with E-state index in [0.717, 1.165) is 32.5 Å². The molecule has 0 aliphatic carbocycles. The molecule has 0 radical (unpaired) electrons. The van der Waals surface area contributed by atoms with Crippen molar-refractivity contribution in [3.05, 3.63) is 91.4 Å². The van der Waals surface area contributed by atoms with E-state index in [1.165, 1.54) is 33.8 Å². The average Bonchev–Trinajstić information content (AvgIpc) is 3.70. The van der Waals surface area contributed by atoms with Gasteiger partial charge in [0, 0.05) is 0 Å². The quantitative estimate of drug-likeness (QED) is 0.188. The van der Waals surface area contributed by atoms with Crippen LogP contribution in [0.25, 0.3) is 10.6 Å². The number of nitrogens with zero attached hydrogens (tertiary/aromatic N) is 4. The van der Waals surface area contributed by atoms with Crippen molar-refractivity contribution in [3.63, 3.8) is 0 Å². The number of phenols is 2. The van der Waals surface area contributed by atoms with Gasteiger partial charge in [-0.05, 0) is 89.2 Å². The molecule has 0 aliphatic heterocycles. The minimum atomic E-state index is -0.826. The molecule has 0 bridgehead atoms. The fourth-order valence-corrected chi connectivity index (χ4v) is 5.54. The van der Waals surface area contributed by atoms with Gasteiger partial charge >= 0.3 is 73.5 Å². The first-order valence-corrected chi connectivity index (χ1v) is 28.2. The van der Waals surface area contributed by atoms with E-state index >= 15 is 0 Å². The van der Waals surface area contributed by atoms with E-state index in [9.17, 15) is 10.2 Å². The van der Waals surface area contributed by atoms with Gasteiger partial charge in [0.05, 0.1) is 0 Å². The SMILES string of the molecule is CC(C)(C)c1cc(C[N-]c2nccs2)c(O)c(C(C)(C)C)c1.CC(C)(C)c1cc(C[N-]c2nccs2)c(O)c(C(C)(C)C)c1.[Cl][Ti][Cl].[Cl][Zr][Cl]. The molecule has 0 unspecified atom stereocenters. The maximum absolute atomic E-state index is 10.7. The summed E-state index contributed by atoms with van der Waals surface area (Å²) in [6.07, 6.45) is 3.49. The van der Waals surface area contributed by atoms with Gasteiger partial charge in [-0.2, -0.15) is 22.7 Å². The molecule has 2 aromatic heterocycles. The monoisotopic (exact) mass is 912 g/mol. The number of aromatic hydroxyl groups is 2. The molecule has 0 saturated carbocycles. The van der Waals surface area contributed by atoms with Crippen LogP contribution >= 0.6 is 58.3 Å². The van der Waals surface area contributed by atoms with Crippen molar-refractivity contribution >= 4 is 68.6 Å². The van der Waals surface area contributed by atoms with Crippen LogP contribution in [-0.2, 0) is 72.6 Å². The Morgan fingerprint density at radius 2 is 0.920 bits per heavy atom. The number of benzene rings is 2. The molecule has 0 spiro atoms. The molecule has 4 rings (SSSR count). The van der Waals surface area contributed by atoms with Crippen molar-refractivity contribution in [2.45, 2.75) is 118 Å². The normalized spacial score (nSPS) is 11.5. The van der Waals surface area contributed by atoms with E-state index in [-0.39, 0.29) is 21.7 Å². The van der Waals surface area contributed by atoms with E-state index in [0.29, 0.717) is 24.6 Å². The second-order valence-electron chi connectivity index (χ2n) is 15.5. The molecule has 0 atom stereocenters. The Labute approximate surface area is 343 Å². The summed E-state index contributed by atoms with van der Waals surface area (Å²) < 4.78 is 0. The molecule has 0 fully saturated rings. The minimum absolute atomic E-state index is 0.0314. The molecule has 0 amide bonds. The second-order valence-corrected chi connectivity index (χ2v) is 23.5. The second kappa shape index (κ2) is 21.5. The molecule has 6 nitrogen and oxygen atoms in total. The van der Waals surface area contributed by atoms with E-state index in [4.69, 9.17) is 35.6 Å². The van der Waals surface area contributed by atoms with Crippen LogP contribution in [0.3, 0.4) is 0 Å². The van der Waals surface area contributed by atoms with Crippen LogP contribution < -0.4 is 0 Å². The van der Waals surface area contributed by atoms with Crippen molar-refractivity contribution in [1.82, 2.24) is 9.97 Å². The average molecular weight is 916 g/mol. The van der Waals surface area contributed by atoms with Gasteiger partial charge in [0.1, 0.15) is 11.5 Å². The summed E-state index contributed by atoms with van der Waals surface area (Å²) in [6, 6.07) is 8.40. The number of thiazole rings is 2. The van der Waals surface area contributed by atoms with Crippen LogP contribution in [0.2, 0.25) is 0 Å². The van der Waals surface area contributed by atoms with Crippen LogP contribution in [0, 0.1) is 0 Å². The first-order chi connectivity index (χ1) is 23.0. The standard InChI is InChI=1S/2C18H25N2OS.4ClH.Ti.Zr/c2*1-17(2,3)13-9-12(11-20-16-19-7-8-22-16)15(21)14(10-13)18(4,5)6;;;;;;/h2*7-10H,11H2,1-6H3,(H-,19,20,21);4*1H;;/q2*-1;;;;;2*+2/p-4.